The van der Waals surface area contributed by atoms with Crippen molar-refractivity contribution in [3.05, 3.63) is 57.8 Å². The highest BCUT2D eigenvalue weighted by molar-refractivity contribution is 14.1. The van der Waals surface area contributed by atoms with Gasteiger partial charge in [0.05, 0.1) is 15.8 Å². The first kappa shape index (κ1) is 30.7. The second-order valence-electron chi connectivity index (χ2n) is 9.79. The van der Waals surface area contributed by atoms with Crippen molar-refractivity contribution < 1.29 is 19.1 Å². The Morgan fingerprint density at radius 1 is 1.21 bits per heavy atom. The summed E-state index contributed by atoms with van der Waals surface area (Å²) in [6.45, 7) is 5.15. The molecule has 2 heterocycles. The number of hydrogen-bond donors (Lipinski definition) is 1. The summed E-state index contributed by atoms with van der Waals surface area (Å²) in [5, 5.41) is 3.69. The lowest BCUT2D eigenvalue weighted by Crippen LogP contribution is -2.52. The van der Waals surface area contributed by atoms with Crippen molar-refractivity contribution in [2.75, 3.05) is 33.8 Å². The molecule has 0 saturated carbocycles. The third-order valence-corrected chi connectivity index (χ3v) is 8.36. The minimum absolute atomic E-state index is 0.172. The molecule has 1 saturated heterocycles. The third kappa shape index (κ3) is 8.86. The van der Waals surface area contributed by atoms with Gasteiger partial charge in [0.25, 0.3) is 0 Å². The van der Waals surface area contributed by atoms with Crippen LogP contribution in [0.5, 0.6) is 5.75 Å². The summed E-state index contributed by atoms with van der Waals surface area (Å²) in [5.74, 6) is 0.783. The number of carbonyl (C=O) groups excluding carboxylic acids is 2. The molecule has 1 N–H and O–H groups in total. The van der Waals surface area contributed by atoms with E-state index in [-0.39, 0.29) is 28.4 Å². The SMILES string of the molecule is CC(C)OC(=O)N[C@H](Cc1ccc(Cl)cc1Cl)C(=O)N1CCC(c2ncccc2OC[C@@H](I)N(C)C)CC1. The Balaban J connectivity index is 1.69. The summed E-state index contributed by atoms with van der Waals surface area (Å²) in [4.78, 5) is 34.5. The molecule has 208 valence electrons. The number of pyridine rings is 1. The van der Waals surface area contributed by atoms with Gasteiger partial charge in [-0.05, 0) is 70.6 Å². The predicted octanol–water partition coefficient (Wildman–Crippen LogP) is 5.54. The molecule has 0 bridgehead atoms. The fourth-order valence-corrected chi connectivity index (χ4v) is 4.90. The van der Waals surface area contributed by atoms with Crippen molar-refractivity contribution >= 4 is 57.8 Å². The highest BCUT2D eigenvalue weighted by atomic mass is 127. The number of aromatic nitrogens is 1. The number of piperidine rings is 1. The third-order valence-electron chi connectivity index (χ3n) is 6.30. The fourth-order valence-electron chi connectivity index (χ4n) is 4.23. The number of nitrogens with one attached hydrogen (secondary N) is 1. The quantitative estimate of drug-likeness (QED) is 0.202. The zero-order valence-electron chi connectivity index (χ0n) is 22.1. The molecular weight excluding hydrogens is 642 g/mol. The molecule has 11 heteroatoms. The monoisotopic (exact) mass is 676 g/mol. The van der Waals surface area contributed by atoms with Crippen LogP contribution in [0.1, 0.15) is 43.9 Å². The average molecular weight is 677 g/mol. The second-order valence-corrected chi connectivity index (χ2v) is 12.1. The molecule has 0 spiro atoms. The van der Waals surface area contributed by atoms with E-state index in [1.165, 1.54) is 0 Å². The van der Waals surface area contributed by atoms with Gasteiger partial charge in [0.2, 0.25) is 5.91 Å². The first-order valence-corrected chi connectivity index (χ1v) is 14.6. The lowest BCUT2D eigenvalue weighted by Gasteiger charge is -2.34. The number of likely N-dealkylation sites (N-methyl/N-ethyl adjacent to an activating group) is 1. The Kier molecular flexibility index (Phi) is 11.7. The van der Waals surface area contributed by atoms with E-state index in [2.05, 4.69) is 37.8 Å². The standard InChI is InChI=1S/C27H35Cl2IN4O4/c1-17(2)38-27(36)32-22(14-19-7-8-20(28)15-21(19)29)26(35)34-12-9-18(10-13-34)25-23(6-5-11-31-25)37-16-24(30)33(3)4/h5-8,11,15,17-18,22,24H,9-10,12-14,16H2,1-4H3,(H,32,36)/t22-,24+/m1/s1. The van der Waals surface area contributed by atoms with Crippen molar-refractivity contribution in [3.8, 4) is 5.75 Å². The maximum Gasteiger partial charge on any atom is 0.408 e. The fraction of sp³-hybridized carbons (Fsp3) is 0.519. The number of alkyl halides is 1. The molecule has 0 radical (unpaired) electrons. The van der Waals surface area contributed by atoms with Gasteiger partial charge in [0.1, 0.15) is 18.4 Å². The number of ether oxygens (including phenoxy) is 2. The van der Waals surface area contributed by atoms with Crippen molar-refractivity contribution in [3.63, 3.8) is 0 Å². The number of benzene rings is 1. The molecule has 1 aromatic carbocycles. The van der Waals surface area contributed by atoms with Crippen LogP contribution in [0.25, 0.3) is 0 Å². The zero-order valence-corrected chi connectivity index (χ0v) is 25.8. The highest BCUT2D eigenvalue weighted by Crippen LogP contribution is 2.33. The van der Waals surface area contributed by atoms with Crippen LogP contribution in [0, 0.1) is 0 Å². The van der Waals surface area contributed by atoms with Crippen LogP contribution in [-0.2, 0) is 16.0 Å². The largest absolute Gasteiger partial charge is 0.489 e. The number of rotatable bonds is 10. The van der Waals surface area contributed by atoms with E-state index >= 15 is 0 Å². The Bertz CT molecular complexity index is 1100. The number of alkyl carbamates (subject to hydrolysis) is 1. The molecule has 0 unspecified atom stereocenters. The normalized spacial score (nSPS) is 15.9. The summed E-state index contributed by atoms with van der Waals surface area (Å²) < 4.78 is 11.6. The number of carbonyl (C=O) groups is 2. The van der Waals surface area contributed by atoms with Gasteiger partial charge in [-0.15, -0.1) is 0 Å². The number of likely N-dealkylation sites (tertiary alicyclic amines) is 1. The Labute approximate surface area is 248 Å². The van der Waals surface area contributed by atoms with E-state index < -0.39 is 12.1 Å². The predicted molar refractivity (Wildman–Crippen MR) is 158 cm³/mol. The maximum absolute atomic E-state index is 13.6. The van der Waals surface area contributed by atoms with Gasteiger partial charge in [-0.1, -0.05) is 51.9 Å². The van der Waals surface area contributed by atoms with E-state index in [1.807, 2.05) is 26.2 Å². The molecule has 1 aliphatic heterocycles. The molecule has 1 aromatic heterocycles. The van der Waals surface area contributed by atoms with Gasteiger partial charge >= 0.3 is 6.09 Å². The average Bonchev–Trinajstić information content (AvgIpc) is 2.87. The first-order chi connectivity index (χ1) is 18.0. The minimum Gasteiger partial charge on any atom is -0.489 e. The molecule has 3 rings (SSSR count). The van der Waals surface area contributed by atoms with Crippen LogP contribution in [0.2, 0.25) is 10.0 Å². The Morgan fingerprint density at radius 2 is 1.92 bits per heavy atom. The van der Waals surface area contributed by atoms with Crippen LogP contribution in [-0.4, -0.2) is 76.8 Å². The van der Waals surface area contributed by atoms with E-state index in [0.717, 1.165) is 29.8 Å². The van der Waals surface area contributed by atoms with Crippen LogP contribution < -0.4 is 10.1 Å². The number of halogens is 3. The van der Waals surface area contributed by atoms with Gasteiger partial charge in [-0.3, -0.25) is 14.7 Å². The second kappa shape index (κ2) is 14.5. The van der Waals surface area contributed by atoms with E-state index in [1.54, 1.807) is 43.1 Å². The van der Waals surface area contributed by atoms with Crippen molar-refractivity contribution in [2.24, 2.45) is 0 Å². The molecular formula is C27H35Cl2IN4O4. The molecule has 38 heavy (non-hydrogen) atoms. The van der Waals surface area contributed by atoms with Gasteiger partial charge in [-0.25, -0.2) is 4.79 Å². The molecule has 2 amide bonds. The summed E-state index contributed by atoms with van der Waals surface area (Å²) in [7, 11) is 4.03. The lowest BCUT2D eigenvalue weighted by molar-refractivity contribution is -0.134. The minimum atomic E-state index is -0.822. The lowest BCUT2D eigenvalue weighted by atomic mass is 9.91. The van der Waals surface area contributed by atoms with Gasteiger partial charge in [0.15, 0.2) is 0 Å². The summed E-state index contributed by atoms with van der Waals surface area (Å²) >= 11 is 14.8. The smallest absolute Gasteiger partial charge is 0.408 e. The molecule has 2 atom stereocenters. The zero-order chi connectivity index (χ0) is 27.8. The van der Waals surface area contributed by atoms with Crippen molar-refractivity contribution in [1.29, 1.82) is 0 Å². The topological polar surface area (TPSA) is 84.0 Å². The van der Waals surface area contributed by atoms with Crippen LogP contribution in [0.4, 0.5) is 4.79 Å². The molecule has 8 nitrogen and oxygen atoms in total. The summed E-state index contributed by atoms with van der Waals surface area (Å²) in [5.41, 5.74) is 1.64. The van der Waals surface area contributed by atoms with Crippen LogP contribution >= 0.6 is 45.8 Å². The van der Waals surface area contributed by atoms with Crippen LogP contribution in [0.3, 0.4) is 0 Å². The summed E-state index contributed by atoms with van der Waals surface area (Å²) in [6.07, 6.45) is 2.54. The maximum atomic E-state index is 13.6. The Morgan fingerprint density at radius 3 is 2.55 bits per heavy atom. The van der Waals surface area contributed by atoms with E-state index in [0.29, 0.717) is 29.7 Å². The number of amides is 2. The van der Waals surface area contributed by atoms with Crippen LogP contribution in [0.15, 0.2) is 36.5 Å². The number of nitrogens with zero attached hydrogens (tertiary/aromatic N) is 3. The molecule has 2 aromatic rings. The van der Waals surface area contributed by atoms with Crippen molar-refractivity contribution in [2.45, 2.75) is 55.2 Å². The van der Waals surface area contributed by atoms with Gasteiger partial charge in [0, 0.05) is 41.7 Å². The molecule has 1 aliphatic rings. The summed E-state index contributed by atoms with van der Waals surface area (Å²) in [6, 6.07) is 8.12. The van der Waals surface area contributed by atoms with Gasteiger partial charge in [-0.2, -0.15) is 0 Å². The molecule has 0 aliphatic carbocycles. The molecule has 1 fully saturated rings. The Hall–Kier alpha value is -1.82. The number of hydrogen-bond acceptors (Lipinski definition) is 6. The van der Waals surface area contributed by atoms with Gasteiger partial charge < -0.3 is 19.7 Å². The first-order valence-electron chi connectivity index (χ1n) is 12.6. The van der Waals surface area contributed by atoms with E-state index in [4.69, 9.17) is 32.7 Å². The highest BCUT2D eigenvalue weighted by Gasteiger charge is 2.32. The van der Waals surface area contributed by atoms with Crippen molar-refractivity contribution in [1.82, 2.24) is 20.1 Å². The van der Waals surface area contributed by atoms with E-state index in [9.17, 15) is 9.59 Å².